The summed E-state index contributed by atoms with van der Waals surface area (Å²) in [6.45, 7) is 1.49. The summed E-state index contributed by atoms with van der Waals surface area (Å²) in [4.78, 5) is 14.4. The molecule has 0 aliphatic carbocycles. The third-order valence-corrected chi connectivity index (χ3v) is 4.08. The maximum atomic E-state index is 12.1. The van der Waals surface area contributed by atoms with E-state index >= 15 is 0 Å². The van der Waals surface area contributed by atoms with Crippen LogP contribution in [-0.4, -0.2) is 19.6 Å². The number of carbonyl (C=O) groups is 1. The van der Waals surface area contributed by atoms with Gasteiger partial charge in [-0.3, -0.25) is 0 Å². The van der Waals surface area contributed by atoms with E-state index in [0.717, 1.165) is 18.5 Å². The summed E-state index contributed by atoms with van der Waals surface area (Å²) in [6, 6.07) is 18.1. The number of fused-ring (bicyclic) bond motifs is 1. The minimum Gasteiger partial charge on any atom is -0.374 e. The summed E-state index contributed by atoms with van der Waals surface area (Å²) in [5, 5.41) is 6.01. The lowest BCUT2D eigenvalue weighted by molar-refractivity contribution is 0.235. The first-order valence-corrected chi connectivity index (χ1v) is 7.62. The number of amides is 2. The van der Waals surface area contributed by atoms with Gasteiger partial charge in [0.1, 0.15) is 0 Å². The summed E-state index contributed by atoms with van der Waals surface area (Å²) >= 11 is 0. The number of nitrogens with one attached hydrogen (secondary N) is 2. The Morgan fingerprint density at radius 1 is 1.14 bits per heavy atom. The number of hydrogen-bond acceptors (Lipinski definition) is 2. The minimum absolute atomic E-state index is 0.0724. The van der Waals surface area contributed by atoms with E-state index in [2.05, 4.69) is 34.7 Å². The number of nitrogens with zero attached hydrogens (tertiary/aromatic N) is 1. The van der Waals surface area contributed by atoms with Crippen LogP contribution in [0.5, 0.6) is 0 Å². The van der Waals surface area contributed by atoms with E-state index < -0.39 is 0 Å². The largest absolute Gasteiger partial charge is 0.374 e. The van der Waals surface area contributed by atoms with Crippen LogP contribution in [0.2, 0.25) is 0 Å². The fourth-order valence-electron chi connectivity index (χ4n) is 2.87. The van der Waals surface area contributed by atoms with Crippen molar-refractivity contribution < 1.29 is 4.79 Å². The highest BCUT2D eigenvalue weighted by molar-refractivity contribution is 5.75. The molecule has 0 saturated heterocycles. The van der Waals surface area contributed by atoms with Gasteiger partial charge >= 0.3 is 6.03 Å². The molecule has 22 heavy (non-hydrogen) atoms. The Kier molecular flexibility index (Phi) is 4.28. The molecule has 1 aliphatic heterocycles. The summed E-state index contributed by atoms with van der Waals surface area (Å²) in [6.07, 6.45) is 0.923. The summed E-state index contributed by atoms with van der Waals surface area (Å²) in [5.74, 6) is 0. The molecule has 0 fully saturated rings. The molecule has 4 nitrogen and oxygen atoms in total. The van der Waals surface area contributed by atoms with Gasteiger partial charge in [-0.25, -0.2) is 4.79 Å². The van der Waals surface area contributed by atoms with Gasteiger partial charge in [0.2, 0.25) is 0 Å². The average molecular weight is 295 g/mol. The molecule has 1 atom stereocenters. The van der Waals surface area contributed by atoms with E-state index in [4.69, 9.17) is 0 Å². The van der Waals surface area contributed by atoms with Gasteiger partial charge in [-0.1, -0.05) is 48.5 Å². The van der Waals surface area contributed by atoms with Crippen LogP contribution in [-0.2, 0) is 6.54 Å². The third-order valence-electron chi connectivity index (χ3n) is 4.08. The molecular formula is C18H21N3O. The first-order chi connectivity index (χ1) is 10.7. The van der Waals surface area contributed by atoms with Gasteiger partial charge in [0.25, 0.3) is 0 Å². The lowest BCUT2D eigenvalue weighted by Gasteiger charge is -2.33. The zero-order valence-electron chi connectivity index (χ0n) is 12.8. The normalized spacial score (nSPS) is 16.8. The lowest BCUT2D eigenvalue weighted by Crippen LogP contribution is -2.41. The molecule has 2 N–H and O–H groups in total. The van der Waals surface area contributed by atoms with Crippen LogP contribution in [0.15, 0.2) is 54.6 Å². The van der Waals surface area contributed by atoms with Crippen molar-refractivity contribution in [1.29, 1.82) is 0 Å². The highest BCUT2D eigenvalue weighted by Gasteiger charge is 2.23. The highest BCUT2D eigenvalue weighted by atomic mass is 16.2. The fraction of sp³-hybridized carbons (Fsp3) is 0.278. The van der Waals surface area contributed by atoms with Crippen LogP contribution in [0.3, 0.4) is 0 Å². The Morgan fingerprint density at radius 3 is 2.68 bits per heavy atom. The molecule has 0 bridgehead atoms. The summed E-state index contributed by atoms with van der Waals surface area (Å²) < 4.78 is 0. The Labute approximate surface area is 131 Å². The number of para-hydroxylation sites is 1. The van der Waals surface area contributed by atoms with Gasteiger partial charge in [0.05, 0.1) is 6.04 Å². The number of hydrogen-bond donors (Lipinski definition) is 2. The molecule has 3 rings (SSSR count). The minimum atomic E-state index is -0.117. The van der Waals surface area contributed by atoms with E-state index in [1.807, 2.05) is 42.5 Å². The van der Waals surface area contributed by atoms with E-state index in [1.165, 1.54) is 11.3 Å². The van der Waals surface area contributed by atoms with Gasteiger partial charge < -0.3 is 15.5 Å². The Hall–Kier alpha value is -2.49. The Balaban J connectivity index is 1.61. The van der Waals surface area contributed by atoms with E-state index in [0.29, 0.717) is 6.54 Å². The second-order valence-corrected chi connectivity index (χ2v) is 5.63. The molecule has 0 saturated carbocycles. The Bertz CT molecular complexity index is 642. The molecule has 114 valence electrons. The molecule has 0 radical (unpaired) electrons. The van der Waals surface area contributed by atoms with Gasteiger partial charge in [0.15, 0.2) is 0 Å². The second kappa shape index (κ2) is 6.52. The number of benzene rings is 2. The smallest absolute Gasteiger partial charge is 0.315 e. The molecule has 2 amide bonds. The van der Waals surface area contributed by atoms with Gasteiger partial charge in [-0.2, -0.15) is 0 Å². The second-order valence-electron chi connectivity index (χ2n) is 5.63. The number of anilines is 1. The predicted octanol–water partition coefficient (Wildman–Crippen LogP) is 3.07. The SMILES string of the molecule is CN1CCC(NC(=O)NCc2ccccc2)c2ccccc21. The molecule has 1 heterocycles. The third kappa shape index (κ3) is 3.22. The molecular weight excluding hydrogens is 274 g/mol. The van der Waals surface area contributed by atoms with Crippen LogP contribution in [0.1, 0.15) is 23.6 Å². The van der Waals surface area contributed by atoms with E-state index in [9.17, 15) is 4.79 Å². The predicted molar refractivity (Wildman–Crippen MR) is 88.9 cm³/mol. The van der Waals surface area contributed by atoms with Gasteiger partial charge in [0, 0.05) is 25.8 Å². The lowest BCUT2D eigenvalue weighted by atomic mass is 9.97. The van der Waals surface area contributed by atoms with Crippen molar-refractivity contribution in [1.82, 2.24) is 10.6 Å². The molecule has 0 aromatic heterocycles. The highest BCUT2D eigenvalue weighted by Crippen LogP contribution is 2.32. The van der Waals surface area contributed by atoms with Crippen LogP contribution < -0.4 is 15.5 Å². The van der Waals surface area contributed by atoms with Crippen LogP contribution in [0.25, 0.3) is 0 Å². The zero-order valence-corrected chi connectivity index (χ0v) is 12.8. The first kappa shape index (κ1) is 14.4. The molecule has 4 heteroatoms. The van der Waals surface area contributed by atoms with E-state index in [1.54, 1.807) is 0 Å². The number of rotatable bonds is 3. The van der Waals surface area contributed by atoms with Gasteiger partial charge in [-0.05, 0) is 23.6 Å². The molecule has 0 spiro atoms. The van der Waals surface area contributed by atoms with Crippen molar-refractivity contribution >= 4 is 11.7 Å². The standard InChI is InChI=1S/C18H21N3O/c1-21-12-11-16(15-9-5-6-10-17(15)21)20-18(22)19-13-14-7-3-2-4-8-14/h2-10,16H,11-13H2,1H3,(H2,19,20,22). The van der Waals surface area contributed by atoms with Crippen LogP contribution in [0, 0.1) is 0 Å². The fourth-order valence-corrected chi connectivity index (χ4v) is 2.87. The summed E-state index contributed by atoms with van der Waals surface area (Å²) in [7, 11) is 2.09. The molecule has 1 unspecified atom stereocenters. The summed E-state index contributed by atoms with van der Waals surface area (Å²) in [5.41, 5.74) is 3.48. The van der Waals surface area contributed by atoms with Crippen molar-refractivity contribution in [3.05, 3.63) is 65.7 Å². The van der Waals surface area contributed by atoms with Crippen molar-refractivity contribution in [3.8, 4) is 0 Å². The topological polar surface area (TPSA) is 44.4 Å². The van der Waals surface area contributed by atoms with Crippen molar-refractivity contribution in [2.24, 2.45) is 0 Å². The van der Waals surface area contributed by atoms with Gasteiger partial charge in [-0.15, -0.1) is 0 Å². The van der Waals surface area contributed by atoms with Crippen molar-refractivity contribution in [2.45, 2.75) is 19.0 Å². The molecule has 2 aromatic rings. The maximum Gasteiger partial charge on any atom is 0.315 e. The monoisotopic (exact) mass is 295 g/mol. The first-order valence-electron chi connectivity index (χ1n) is 7.62. The van der Waals surface area contributed by atoms with Crippen LogP contribution >= 0.6 is 0 Å². The quantitative estimate of drug-likeness (QED) is 0.914. The number of urea groups is 1. The zero-order chi connectivity index (χ0) is 15.4. The van der Waals surface area contributed by atoms with E-state index in [-0.39, 0.29) is 12.1 Å². The Morgan fingerprint density at radius 2 is 1.86 bits per heavy atom. The molecule has 2 aromatic carbocycles. The maximum absolute atomic E-state index is 12.1. The van der Waals surface area contributed by atoms with Crippen molar-refractivity contribution in [3.63, 3.8) is 0 Å². The molecule has 1 aliphatic rings. The van der Waals surface area contributed by atoms with Crippen molar-refractivity contribution in [2.75, 3.05) is 18.5 Å². The average Bonchev–Trinajstić information content (AvgIpc) is 2.57. The van der Waals surface area contributed by atoms with Crippen LogP contribution in [0.4, 0.5) is 10.5 Å². The number of carbonyl (C=O) groups excluding carboxylic acids is 1.